The molecule has 0 fully saturated rings. The Labute approximate surface area is 133 Å². The van der Waals surface area contributed by atoms with Crippen molar-refractivity contribution >= 4 is 27.7 Å². The van der Waals surface area contributed by atoms with Crippen LogP contribution in [0, 0.1) is 0 Å². The zero-order valence-corrected chi connectivity index (χ0v) is 14.2. The molecule has 1 atom stereocenters. The molecule has 2 aromatic rings. The zero-order valence-electron chi connectivity index (χ0n) is 11.8. The van der Waals surface area contributed by atoms with Gasteiger partial charge in [0, 0.05) is 34.4 Å². The van der Waals surface area contributed by atoms with Gasteiger partial charge < -0.3 is 5.32 Å². The lowest BCUT2D eigenvalue weighted by Gasteiger charge is -2.15. The fourth-order valence-corrected chi connectivity index (χ4v) is 3.73. The standard InChI is InChI=1S/C15H20BrN3S/c1-17-13(8-7-12-9-18-19(2)10-12)11-20-15-6-4-3-5-14(15)16/h3-6,9-10,13,17H,7-8,11H2,1-2H3. The van der Waals surface area contributed by atoms with Crippen molar-refractivity contribution in [2.75, 3.05) is 12.8 Å². The van der Waals surface area contributed by atoms with Crippen molar-refractivity contribution in [3.8, 4) is 0 Å². The first-order chi connectivity index (χ1) is 9.69. The topological polar surface area (TPSA) is 29.9 Å². The minimum atomic E-state index is 0.507. The molecule has 0 amide bonds. The Hall–Kier alpha value is -0.780. The summed E-state index contributed by atoms with van der Waals surface area (Å²) in [6.07, 6.45) is 6.23. The van der Waals surface area contributed by atoms with Gasteiger partial charge in [-0.05, 0) is 53.5 Å². The molecule has 0 radical (unpaired) electrons. The van der Waals surface area contributed by atoms with Crippen LogP contribution in [0.1, 0.15) is 12.0 Å². The predicted octanol–water partition coefficient (Wildman–Crippen LogP) is 3.50. The lowest BCUT2D eigenvalue weighted by atomic mass is 10.1. The van der Waals surface area contributed by atoms with Gasteiger partial charge in [-0.3, -0.25) is 4.68 Å². The molecule has 1 aromatic carbocycles. The van der Waals surface area contributed by atoms with Crippen LogP contribution in [0.15, 0.2) is 46.0 Å². The van der Waals surface area contributed by atoms with Gasteiger partial charge in [-0.15, -0.1) is 11.8 Å². The summed E-state index contributed by atoms with van der Waals surface area (Å²) in [6, 6.07) is 8.88. The van der Waals surface area contributed by atoms with Gasteiger partial charge in [0.1, 0.15) is 0 Å². The van der Waals surface area contributed by atoms with E-state index in [0.717, 1.165) is 18.6 Å². The Morgan fingerprint density at radius 3 is 2.85 bits per heavy atom. The summed E-state index contributed by atoms with van der Waals surface area (Å²) in [4.78, 5) is 1.30. The van der Waals surface area contributed by atoms with Crippen LogP contribution in [0.25, 0.3) is 0 Å². The molecule has 1 aromatic heterocycles. The molecular formula is C15H20BrN3S. The van der Waals surface area contributed by atoms with Crippen LogP contribution in [-0.2, 0) is 13.5 Å². The maximum absolute atomic E-state index is 4.21. The molecule has 0 aliphatic heterocycles. The van der Waals surface area contributed by atoms with E-state index in [-0.39, 0.29) is 0 Å². The highest BCUT2D eigenvalue weighted by Crippen LogP contribution is 2.27. The Kier molecular flexibility index (Phi) is 6.13. The number of hydrogen-bond acceptors (Lipinski definition) is 3. The normalized spacial score (nSPS) is 12.6. The van der Waals surface area contributed by atoms with Crippen LogP contribution in [0.5, 0.6) is 0 Å². The number of hydrogen-bond donors (Lipinski definition) is 1. The molecule has 20 heavy (non-hydrogen) atoms. The van der Waals surface area contributed by atoms with Crippen LogP contribution in [0.2, 0.25) is 0 Å². The van der Waals surface area contributed by atoms with Gasteiger partial charge in [0.2, 0.25) is 0 Å². The maximum Gasteiger partial charge on any atom is 0.0521 e. The van der Waals surface area contributed by atoms with Crippen molar-refractivity contribution in [3.63, 3.8) is 0 Å². The first-order valence-electron chi connectivity index (χ1n) is 6.71. The zero-order chi connectivity index (χ0) is 14.4. The highest BCUT2D eigenvalue weighted by Gasteiger charge is 2.09. The molecule has 2 rings (SSSR count). The van der Waals surface area contributed by atoms with Crippen molar-refractivity contribution in [1.82, 2.24) is 15.1 Å². The molecule has 1 heterocycles. The summed E-state index contributed by atoms with van der Waals surface area (Å²) < 4.78 is 3.03. The molecule has 0 aliphatic carbocycles. The molecule has 5 heteroatoms. The summed E-state index contributed by atoms with van der Waals surface area (Å²) in [5.74, 6) is 1.07. The Morgan fingerprint density at radius 1 is 1.40 bits per heavy atom. The summed E-state index contributed by atoms with van der Waals surface area (Å²) in [5, 5.41) is 7.62. The van der Waals surface area contributed by atoms with Crippen molar-refractivity contribution in [2.24, 2.45) is 7.05 Å². The van der Waals surface area contributed by atoms with E-state index in [2.05, 4.69) is 50.7 Å². The van der Waals surface area contributed by atoms with E-state index in [4.69, 9.17) is 0 Å². The number of aromatic nitrogens is 2. The van der Waals surface area contributed by atoms with Crippen molar-refractivity contribution in [2.45, 2.75) is 23.8 Å². The molecule has 0 bridgehead atoms. The van der Waals surface area contributed by atoms with E-state index >= 15 is 0 Å². The lowest BCUT2D eigenvalue weighted by molar-refractivity contribution is 0.572. The molecule has 0 saturated carbocycles. The Morgan fingerprint density at radius 2 is 2.20 bits per heavy atom. The van der Waals surface area contributed by atoms with Gasteiger partial charge in [0.25, 0.3) is 0 Å². The van der Waals surface area contributed by atoms with E-state index < -0.39 is 0 Å². The smallest absolute Gasteiger partial charge is 0.0521 e. The molecule has 0 spiro atoms. The van der Waals surface area contributed by atoms with Gasteiger partial charge in [0.05, 0.1) is 6.20 Å². The van der Waals surface area contributed by atoms with Gasteiger partial charge in [-0.25, -0.2) is 0 Å². The largest absolute Gasteiger partial charge is 0.316 e. The second-order valence-electron chi connectivity index (χ2n) is 4.79. The number of halogens is 1. The number of nitrogens with one attached hydrogen (secondary N) is 1. The second-order valence-corrected chi connectivity index (χ2v) is 6.70. The summed E-state index contributed by atoms with van der Waals surface area (Å²) in [7, 11) is 4.00. The average molecular weight is 354 g/mol. The summed E-state index contributed by atoms with van der Waals surface area (Å²) >= 11 is 5.48. The van der Waals surface area contributed by atoms with E-state index in [9.17, 15) is 0 Å². The average Bonchev–Trinajstić information content (AvgIpc) is 2.86. The van der Waals surface area contributed by atoms with Gasteiger partial charge in [0.15, 0.2) is 0 Å². The SMILES string of the molecule is CNC(CCc1cnn(C)c1)CSc1ccccc1Br. The predicted molar refractivity (Wildman–Crippen MR) is 89.2 cm³/mol. The summed E-state index contributed by atoms with van der Waals surface area (Å²) in [5.41, 5.74) is 1.30. The third kappa shape index (κ3) is 4.65. The highest BCUT2D eigenvalue weighted by atomic mass is 79.9. The first-order valence-corrected chi connectivity index (χ1v) is 8.49. The Bertz CT molecular complexity index is 541. The summed E-state index contributed by atoms with van der Waals surface area (Å²) in [6.45, 7) is 0. The number of rotatable bonds is 7. The van der Waals surface area contributed by atoms with Gasteiger partial charge >= 0.3 is 0 Å². The van der Waals surface area contributed by atoms with Crippen molar-refractivity contribution < 1.29 is 0 Å². The Balaban J connectivity index is 1.82. The maximum atomic E-state index is 4.21. The van der Waals surface area contributed by atoms with Crippen LogP contribution < -0.4 is 5.32 Å². The van der Waals surface area contributed by atoms with Crippen LogP contribution in [-0.4, -0.2) is 28.6 Å². The molecule has 3 nitrogen and oxygen atoms in total. The molecular weight excluding hydrogens is 334 g/mol. The monoisotopic (exact) mass is 353 g/mol. The molecule has 1 N–H and O–H groups in total. The first kappa shape index (κ1) is 15.6. The van der Waals surface area contributed by atoms with Crippen LogP contribution in [0.4, 0.5) is 0 Å². The van der Waals surface area contributed by atoms with Crippen LogP contribution in [0.3, 0.4) is 0 Å². The van der Waals surface area contributed by atoms with Gasteiger partial charge in [-0.1, -0.05) is 12.1 Å². The molecule has 1 unspecified atom stereocenters. The van der Waals surface area contributed by atoms with E-state index in [1.807, 2.05) is 42.8 Å². The quantitative estimate of drug-likeness (QED) is 0.772. The van der Waals surface area contributed by atoms with E-state index in [1.54, 1.807) is 0 Å². The van der Waals surface area contributed by atoms with E-state index in [0.29, 0.717) is 6.04 Å². The number of nitrogens with zero attached hydrogens (tertiary/aromatic N) is 2. The lowest BCUT2D eigenvalue weighted by Crippen LogP contribution is -2.28. The number of thioether (sulfide) groups is 1. The molecule has 0 aliphatic rings. The number of benzene rings is 1. The highest BCUT2D eigenvalue weighted by molar-refractivity contribution is 9.10. The van der Waals surface area contributed by atoms with Gasteiger partial charge in [-0.2, -0.15) is 5.10 Å². The number of aryl methyl sites for hydroxylation is 2. The van der Waals surface area contributed by atoms with Crippen molar-refractivity contribution in [3.05, 3.63) is 46.7 Å². The third-order valence-corrected chi connectivity index (χ3v) is 5.41. The van der Waals surface area contributed by atoms with Crippen LogP contribution >= 0.6 is 27.7 Å². The third-order valence-electron chi connectivity index (χ3n) is 3.22. The fourth-order valence-electron chi connectivity index (χ4n) is 2.01. The second kappa shape index (κ2) is 7.86. The fraction of sp³-hybridized carbons (Fsp3) is 0.400. The molecule has 0 saturated heterocycles. The molecule has 108 valence electrons. The van der Waals surface area contributed by atoms with E-state index in [1.165, 1.54) is 14.9 Å². The van der Waals surface area contributed by atoms with Crippen molar-refractivity contribution in [1.29, 1.82) is 0 Å². The minimum absolute atomic E-state index is 0.507. The minimum Gasteiger partial charge on any atom is -0.316 e.